The smallest absolute Gasteiger partial charge is 0.163 e. The molecule has 1 saturated heterocycles. The maximum atomic E-state index is 6.02. The van der Waals surface area contributed by atoms with Crippen LogP contribution in [0.15, 0.2) is 40.8 Å². The lowest BCUT2D eigenvalue weighted by Gasteiger charge is -2.31. The van der Waals surface area contributed by atoms with Crippen molar-refractivity contribution in [1.82, 2.24) is 15.2 Å². The first-order valence-electron chi connectivity index (χ1n) is 7.68. The molecule has 1 N–H and O–H groups in total. The van der Waals surface area contributed by atoms with Crippen molar-refractivity contribution >= 4 is 34.0 Å². The number of nitrogens with zero attached hydrogens (tertiary/aromatic N) is 2. The van der Waals surface area contributed by atoms with E-state index in [2.05, 4.69) is 34.3 Å². The Morgan fingerprint density at radius 2 is 2.17 bits per heavy atom. The minimum absolute atomic E-state index is 0. The Bertz CT molecular complexity index is 752. The van der Waals surface area contributed by atoms with Crippen molar-refractivity contribution in [2.75, 3.05) is 19.6 Å². The van der Waals surface area contributed by atoms with E-state index in [4.69, 9.17) is 4.42 Å². The number of rotatable bonds is 3. The van der Waals surface area contributed by atoms with Crippen LogP contribution in [-0.4, -0.2) is 35.6 Å². The van der Waals surface area contributed by atoms with Gasteiger partial charge in [0.2, 0.25) is 0 Å². The molecule has 4 nitrogen and oxygen atoms in total. The van der Waals surface area contributed by atoms with Gasteiger partial charge in [0.05, 0.1) is 16.8 Å². The molecule has 1 aromatic carbocycles. The molecule has 1 fully saturated rings. The summed E-state index contributed by atoms with van der Waals surface area (Å²) < 4.78 is 7.22. The summed E-state index contributed by atoms with van der Waals surface area (Å²) in [6.07, 6.45) is 0. The fraction of sp³-hybridized carbons (Fsp3) is 0.353. The van der Waals surface area contributed by atoms with Gasteiger partial charge in [-0.25, -0.2) is 4.98 Å². The zero-order valence-corrected chi connectivity index (χ0v) is 14.6. The summed E-state index contributed by atoms with van der Waals surface area (Å²) in [5.74, 6) is 1.89. The number of furan rings is 1. The highest BCUT2D eigenvalue weighted by Crippen LogP contribution is 2.31. The molecule has 3 aromatic rings. The van der Waals surface area contributed by atoms with Crippen molar-refractivity contribution in [3.63, 3.8) is 0 Å². The predicted octanol–water partition coefficient (Wildman–Crippen LogP) is 3.77. The van der Waals surface area contributed by atoms with Gasteiger partial charge in [-0.2, -0.15) is 0 Å². The molecule has 1 unspecified atom stereocenters. The third-order valence-electron chi connectivity index (χ3n) is 4.00. The predicted molar refractivity (Wildman–Crippen MR) is 97.3 cm³/mol. The number of para-hydroxylation sites is 1. The van der Waals surface area contributed by atoms with Crippen LogP contribution in [0.3, 0.4) is 0 Å². The number of fused-ring (bicyclic) bond motifs is 1. The molecule has 0 saturated carbocycles. The fourth-order valence-corrected chi connectivity index (χ4v) is 3.86. The highest BCUT2D eigenvalue weighted by Gasteiger charge is 2.17. The molecule has 0 bridgehead atoms. The fourth-order valence-electron chi connectivity index (χ4n) is 2.93. The van der Waals surface area contributed by atoms with Gasteiger partial charge in [0.25, 0.3) is 0 Å². The van der Waals surface area contributed by atoms with Gasteiger partial charge in [0, 0.05) is 25.7 Å². The van der Waals surface area contributed by atoms with Crippen LogP contribution >= 0.6 is 23.7 Å². The Hall–Kier alpha value is -1.40. The SMILES string of the molecule is CC1CN(Cc2ccc(-c3nc4ccccc4s3)o2)CCN1.Cl. The normalized spacial score (nSPS) is 18.9. The number of nitrogens with one attached hydrogen (secondary N) is 1. The molecule has 1 aliphatic heterocycles. The van der Waals surface area contributed by atoms with Gasteiger partial charge in [-0.05, 0) is 31.2 Å². The molecule has 0 radical (unpaired) electrons. The molecule has 6 heteroatoms. The standard InChI is InChI=1S/C17H19N3OS.ClH/c1-12-10-20(9-8-18-12)11-13-6-7-15(21-13)17-19-14-4-2-3-5-16(14)22-17;/h2-7,12,18H,8-11H2,1H3;1H. The number of piperazine rings is 1. The van der Waals surface area contributed by atoms with Gasteiger partial charge < -0.3 is 9.73 Å². The highest BCUT2D eigenvalue weighted by atomic mass is 35.5. The Kier molecular flexibility index (Phi) is 5.02. The third-order valence-corrected chi connectivity index (χ3v) is 5.05. The van der Waals surface area contributed by atoms with Crippen molar-refractivity contribution in [2.45, 2.75) is 19.5 Å². The molecule has 2 aromatic heterocycles. The quantitative estimate of drug-likeness (QED) is 0.781. The van der Waals surface area contributed by atoms with E-state index in [1.54, 1.807) is 11.3 Å². The van der Waals surface area contributed by atoms with E-state index in [9.17, 15) is 0 Å². The van der Waals surface area contributed by atoms with Crippen LogP contribution in [0, 0.1) is 0 Å². The van der Waals surface area contributed by atoms with Crippen LogP contribution in [-0.2, 0) is 6.54 Å². The summed E-state index contributed by atoms with van der Waals surface area (Å²) in [5, 5.41) is 4.42. The van der Waals surface area contributed by atoms with Crippen LogP contribution in [0.4, 0.5) is 0 Å². The second kappa shape index (κ2) is 7.01. The van der Waals surface area contributed by atoms with E-state index in [1.165, 1.54) is 4.70 Å². The second-order valence-corrected chi connectivity index (χ2v) is 6.87. The van der Waals surface area contributed by atoms with Crippen molar-refractivity contribution in [1.29, 1.82) is 0 Å². The average molecular weight is 350 g/mol. The van der Waals surface area contributed by atoms with E-state index in [0.717, 1.165) is 48.2 Å². The Labute approximate surface area is 145 Å². The molecule has 1 aliphatic rings. The van der Waals surface area contributed by atoms with E-state index in [-0.39, 0.29) is 12.4 Å². The van der Waals surface area contributed by atoms with Crippen LogP contribution in [0.25, 0.3) is 21.0 Å². The molecule has 4 rings (SSSR count). The molecular weight excluding hydrogens is 330 g/mol. The van der Waals surface area contributed by atoms with Gasteiger partial charge in [0.15, 0.2) is 10.8 Å². The number of hydrogen-bond donors (Lipinski definition) is 1. The highest BCUT2D eigenvalue weighted by molar-refractivity contribution is 7.21. The molecule has 1 atom stereocenters. The van der Waals surface area contributed by atoms with Crippen LogP contribution in [0.1, 0.15) is 12.7 Å². The van der Waals surface area contributed by atoms with Crippen molar-refractivity contribution in [2.24, 2.45) is 0 Å². The summed E-state index contributed by atoms with van der Waals surface area (Å²) in [6.45, 7) is 6.28. The molecular formula is C17H20ClN3OS. The number of aromatic nitrogens is 1. The summed E-state index contributed by atoms with van der Waals surface area (Å²) in [7, 11) is 0. The molecule has 3 heterocycles. The second-order valence-electron chi connectivity index (χ2n) is 5.84. The first-order valence-corrected chi connectivity index (χ1v) is 8.50. The van der Waals surface area contributed by atoms with Crippen LogP contribution < -0.4 is 5.32 Å². The molecule has 122 valence electrons. The summed E-state index contributed by atoms with van der Waals surface area (Å²) in [4.78, 5) is 7.09. The van der Waals surface area contributed by atoms with Crippen molar-refractivity contribution < 1.29 is 4.42 Å². The zero-order valence-electron chi connectivity index (χ0n) is 13.0. The van der Waals surface area contributed by atoms with E-state index in [0.29, 0.717) is 6.04 Å². The summed E-state index contributed by atoms with van der Waals surface area (Å²) in [5.41, 5.74) is 1.04. The Morgan fingerprint density at radius 3 is 3.00 bits per heavy atom. The van der Waals surface area contributed by atoms with Gasteiger partial charge in [-0.1, -0.05) is 12.1 Å². The molecule has 0 amide bonds. The first-order chi connectivity index (χ1) is 10.8. The minimum atomic E-state index is 0. The monoisotopic (exact) mass is 349 g/mol. The van der Waals surface area contributed by atoms with E-state index >= 15 is 0 Å². The molecule has 0 aliphatic carbocycles. The lowest BCUT2D eigenvalue weighted by atomic mass is 10.2. The number of halogens is 1. The topological polar surface area (TPSA) is 41.3 Å². The number of benzene rings is 1. The Morgan fingerprint density at radius 1 is 1.30 bits per heavy atom. The lowest BCUT2D eigenvalue weighted by molar-refractivity contribution is 0.187. The number of hydrogen-bond acceptors (Lipinski definition) is 5. The van der Waals surface area contributed by atoms with E-state index < -0.39 is 0 Å². The summed E-state index contributed by atoms with van der Waals surface area (Å²) in [6, 6.07) is 12.9. The lowest BCUT2D eigenvalue weighted by Crippen LogP contribution is -2.48. The molecule has 0 spiro atoms. The van der Waals surface area contributed by atoms with Gasteiger partial charge in [-0.15, -0.1) is 23.7 Å². The van der Waals surface area contributed by atoms with Crippen molar-refractivity contribution in [3.05, 3.63) is 42.2 Å². The van der Waals surface area contributed by atoms with Crippen molar-refractivity contribution in [3.8, 4) is 10.8 Å². The van der Waals surface area contributed by atoms with Crippen LogP contribution in [0.2, 0.25) is 0 Å². The number of thiazole rings is 1. The van der Waals surface area contributed by atoms with Gasteiger partial charge >= 0.3 is 0 Å². The van der Waals surface area contributed by atoms with E-state index in [1.807, 2.05) is 24.3 Å². The summed E-state index contributed by atoms with van der Waals surface area (Å²) >= 11 is 1.68. The van der Waals surface area contributed by atoms with Crippen LogP contribution in [0.5, 0.6) is 0 Å². The first kappa shape index (κ1) is 16.5. The minimum Gasteiger partial charge on any atom is -0.457 e. The Balaban J connectivity index is 0.00000156. The largest absolute Gasteiger partial charge is 0.457 e. The van der Waals surface area contributed by atoms with Gasteiger partial charge in [-0.3, -0.25) is 4.90 Å². The zero-order chi connectivity index (χ0) is 14.9. The van der Waals surface area contributed by atoms with Gasteiger partial charge in [0.1, 0.15) is 5.76 Å². The third kappa shape index (κ3) is 3.58. The molecule has 23 heavy (non-hydrogen) atoms. The maximum Gasteiger partial charge on any atom is 0.163 e. The average Bonchev–Trinajstić information content (AvgIpc) is 3.13. The maximum absolute atomic E-state index is 6.02.